The van der Waals surface area contributed by atoms with Gasteiger partial charge in [-0.25, -0.2) is 4.39 Å². The Labute approximate surface area is 172 Å². The summed E-state index contributed by atoms with van der Waals surface area (Å²) in [5.41, 5.74) is 2.91. The molecule has 1 atom stereocenters. The van der Waals surface area contributed by atoms with Crippen molar-refractivity contribution in [2.75, 3.05) is 11.9 Å². The Kier molecular flexibility index (Phi) is 7.84. The molecule has 0 bridgehead atoms. The molecule has 3 rings (SSSR count). The number of rotatable bonds is 6. The number of carbonyl (C=O) groups excluding carboxylic acids is 1. The molecule has 1 aliphatic heterocycles. The molecule has 1 heterocycles. The van der Waals surface area contributed by atoms with Gasteiger partial charge < -0.3 is 15.4 Å². The predicted octanol–water partition coefficient (Wildman–Crippen LogP) is 4.81. The number of halogens is 2. The van der Waals surface area contributed by atoms with Gasteiger partial charge in [-0.05, 0) is 54.1 Å². The monoisotopic (exact) mass is 406 g/mol. The Hall–Kier alpha value is -2.11. The van der Waals surface area contributed by atoms with Crippen LogP contribution in [0.3, 0.4) is 0 Å². The molecule has 4 nitrogen and oxygen atoms in total. The second-order valence-electron chi connectivity index (χ2n) is 7.19. The van der Waals surface area contributed by atoms with Crippen LogP contribution in [0.4, 0.5) is 10.1 Å². The van der Waals surface area contributed by atoms with Crippen LogP contribution in [0, 0.1) is 5.82 Å². The number of hydrogen-bond acceptors (Lipinski definition) is 3. The van der Waals surface area contributed by atoms with Gasteiger partial charge in [0.2, 0.25) is 0 Å². The average Bonchev–Trinajstić information content (AvgIpc) is 2.68. The highest BCUT2D eigenvalue weighted by Gasteiger charge is 2.23. The summed E-state index contributed by atoms with van der Waals surface area (Å²) in [6, 6.07) is 11.2. The summed E-state index contributed by atoms with van der Waals surface area (Å²) in [5.74, 6) is 0.323. The van der Waals surface area contributed by atoms with Gasteiger partial charge in [-0.1, -0.05) is 45.0 Å². The molecule has 0 spiro atoms. The predicted molar refractivity (Wildman–Crippen MR) is 113 cm³/mol. The summed E-state index contributed by atoms with van der Waals surface area (Å²) in [5, 5.41) is 5.94. The molecule has 0 aromatic heterocycles. The Morgan fingerprint density at radius 3 is 2.71 bits per heavy atom. The van der Waals surface area contributed by atoms with Crippen molar-refractivity contribution in [1.82, 2.24) is 5.32 Å². The van der Waals surface area contributed by atoms with Crippen molar-refractivity contribution >= 4 is 24.0 Å². The lowest BCUT2D eigenvalue weighted by molar-refractivity contribution is -0.122. The highest BCUT2D eigenvalue weighted by molar-refractivity contribution is 5.94. The van der Waals surface area contributed by atoms with E-state index in [-0.39, 0.29) is 35.7 Å². The Bertz CT molecular complexity index is 826. The molecule has 0 radical (unpaired) electrons. The third kappa shape index (κ3) is 4.83. The number of benzene rings is 2. The van der Waals surface area contributed by atoms with Crippen LogP contribution in [-0.2, 0) is 17.8 Å². The second-order valence-corrected chi connectivity index (χ2v) is 7.19. The van der Waals surface area contributed by atoms with Crippen LogP contribution in [0.5, 0.6) is 5.75 Å². The van der Waals surface area contributed by atoms with E-state index in [0.29, 0.717) is 30.7 Å². The van der Waals surface area contributed by atoms with Crippen molar-refractivity contribution in [2.24, 2.45) is 0 Å². The summed E-state index contributed by atoms with van der Waals surface area (Å²) in [4.78, 5) is 12.7. The summed E-state index contributed by atoms with van der Waals surface area (Å²) < 4.78 is 20.8. The van der Waals surface area contributed by atoms with E-state index in [1.165, 1.54) is 0 Å². The SMILES string of the molecule is CCC(Oc1ccccc1C(C)C)C(=O)Nc1ccc2c(c1F)CCNC2.Cl. The fourth-order valence-electron chi connectivity index (χ4n) is 3.38. The molecule has 0 saturated carbocycles. The highest BCUT2D eigenvalue weighted by atomic mass is 35.5. The third-order valence-electron chi connectivity index (χ3n) is 4.94. The van der Waals surface area contributed by atoms with E-state index in [1.807, 2.05) is 37.3 Å². The van der Waals surface area contributed by atoms with Gasteiger partial charge in [0, 0.05) is 6.54 Å². The molecular formula is C22H28ClFN2O2. The number of hydrogen-bond donors (Lipinski definition) is 2. The third-order valence-corrected chi connectivity index (χ3v) is 4.94. The van der Waals surface area contributed by atoms with Gasteiger partial charge in [-0.3, -0.25) is 4.79 Å². The van der Waals surface area contributed by atoms with Crippen molar-refractivity contribution in [1.29, 1.82) is 0 Å². The number of amides is 1. The number of para-hydroxylation sites is 1. The molecule has 1 amide bonds. The standard InChI is InChI=1S/C22H27FN2O2.ClH/c1-4-19(27-20-8-6-5-7-16(20)14(2)3)22(26)25-18-10-9-15-13-24-12-11-17(15)21(18)23;/h5-10,14,19,24H,4,11-13H2,1-3H3,(H,25,26);1H. The number of fused-ring (bicyclic) bond motifs is 1. The first-order chi connectivity index (χ1) is 13.0. The minimum absolute atomic E-state index is 0. The Balaban J connectivity index is 0.00000280. The zero-order chi connectivity index (χ0) is 19.4. The summed E-state index contributed by atoms with van der Waals surface area (Å²) in [6.07, 6.45) is 0.441. The van der Waals surface area contributed by atoms with Gasteiger partial charge in [0.05, 0.1) is 5.69 Å². The molecular weight excluding hydrogens is 379 g/mol. The highest BCUT2D eigenvalue weighted by Crippen LogP contribution is 2.28. The topological polar surface area (TPSA) is 50.4 Å². The lowest BCUT2D eigenvalue weighted by Gasteiger charge is -2.22. The van der Waals surface area contributed by atoms with Crippen LogP contribution in [0.2, 0.25) is 0 Å². The van der Waals surface area contributed by atoms with E-state index < -0.39 is 6.10 Å². The van der Waals surface area contributed by atoms with Crippen LogP contribution >= 0.6 is 12.4 Å². The molecule has 1 unspecified atom stereocenters. The molecule has 6 heteroatoms. The number of nitrogens with one attached hydrogen (secondary N) is 2. The maximum absolute atomic E-state index is 14.8. The van der Waals surface area contributed by atoms with Crippen molar-refractivity contribution in [3.05, 3.63) is 58.9 Å². The lowest BCUT2D eigenvalue weighted by atomic mass is 9.99. The molecule has 152 valence electrons. The van der Waals surface area contributed by atoms with Crippen LogP contribution in [0.1, 0.15) is 49.8 Å². The second kappa shape index (κ2) is 9.89. The van der Waals surface area contributed by atoms with Crippen LogP contribution in [0.25, 0.3) is 0 Å². The first kappa shape index (κ1) is 22.2. The van der Waals surface area contributed by atoms with Gasteiger partial charge in [0.1, 0.15) is 11.6 Å². The summed E-state index contributed by atoms with van der Waals surface area (Å²) in [7, 11) is 0. The Morgan fingerprint density at radius 1 is 1.25 bits per heavy atom. The molecule has 28 heavy (non-hydrogen) atoms. The Morgan fingerprint density at radius 2 is 2.00 bits per heavy atom. The number of anilines is 1. The quantitative estimate of drug-likeness (QED) is 0.723. The van der Waals surface area contributed by atoms with Gasteiger partial charge in [-0.2, -0.15) is 0 Å². The van der Waals surface area contributed by atoms with E-state index in [0.717, 1.165) is 17.7 Å². The van der Waals surface area contributed by atoms with Crippen molar-refractivity contribution in [3.8, 4) is 5.75 Å². The van der Waals surface area contributed by atoms with E-state index in [2.05, 4.69) is 24.5 Å². The average molecular weight is 407 g/mol. The van der Waals surface area contributed by atoms with Gasteiger partial charge in [0.25, 0.3) is 5.91 Å². The molecule has 2 aromatic carbocycles. The summed E-state index contributed by atoms with van der Waals surface area (Å²) >= 11 is 0. The molecule has 2 aromatic rings. The normalized spacial score (nSPS) is 14.0. The maximum atomic E-state index is 14.8. The molecule has 2 N–H and O–H groups in total. The minimum Gasteiger partial charge on any atom is -0.480 e. The van der Waals surface area contributed by atoms with Crippen LogP contribution in [-0.4, -0.2) is 18.6 Å². The van der Waals surface area contributed by atoms with E-state index in [1.54, 1.807) is 6.07 Å². The van der Waals surface area contributed by atoms with Gasteiger partial charge >= 0.3 is 0 Å². The van der Waals surface area contributed by atoms with Crippen molar-refractivity contribution in [2.45, 2.75) is 52.2 Å². The van der Waals surface area contributed by atoms with Crippen LogP contribution < -0.4 is 15.4 Å². The number of carbonyl (C=O) groups is 1. The molecule has 1 aliphatic rings. The smallest absolute Gasteiger partial charge is 0.265 e. The van der Waals surface area contributed by atoms with E-state index in [4.69, 9.17) is 4.74 Å². The van der Waals surface area contributed by atoms with Gasteiger partial charge in [0.15, 0.2) is 6.10 Å². The lowest BCUT2D eigenvalue weighted by Crippen LogP contribution is -2.33. The first-order valence-corrected chi connectivity index (χ1v) is 9.58. The maximum Gasteiger partial charge on any atom is 0.265 e. The zero-order valence-electron chi connectivity index (χ0n) is 16.5. The molecule has 0 fully saturated rings. The van der Waals surface area contributed by atoms with E-state index in [9.17, 15) is 9.18 Å². The van der Waals surface area contributed by atoms with Crippen molar-refractivity contribution < 1.29 is 13.9 Å². The summed E-state index contributed by atoms with van der Waals surface area (Å²) in [6.45, 7) is 7.46. The largest absolute Gasteiger partial charge is 0.480 e. The minimum atomic E-state index is -0.679. The van der Waals surface area contributed by atoms with Gasteiger partial charge in [-0.15, -0.1) is 12.4 Å². The molecule has 0 aliphatic carbocycles. The first-order valence-electron chi connectivity index (χ1n) is 9.58. The van der Waals surface area contributed by atoms with Crippen LogP contribution in [0.15, 0.2) is 36.4 Å². The molecule has 0 saturated heterocycles. The fourth-order valence-corrected chi connectivity index (χ4v) is 3.38. The number of ether oxygens (including phenoxy) is 1. The zero-order valence-corrected chi connectivity index (χ0v) is 17.4. The van der Waals surface area contributed by atoms with E-state index >= 15 is 0 Å². The fraction of sp³-hybridized carbons (Fsp3) is 0.409. The van der Waals surface area contributed by atoms with Crippen molar-refractivity contribution in [3.63, 3.8) is 0 Å².